The molecule has 0 aromatic heterocycles. The zero-order valence-corrected chi connectivity index (χ0v) is 13.5. The SMILES string of the molecule is CCNC(=NCC1CCCO1)Nc1ccc(OC)c(OC)c1. The van der Waals surface area contributed by atoms with Crippen molar-refractivity contribution >= 4 is 11.6 Å². The molecule has 22 heavy (non-hydrogen) atoms. The first kappa shape index (κ1) is 16.4. The van der Waals surface area contributed by atoms with Crippen LogP contribution in [0.4, 0.5) is 5.69 Å². The second-order valence-electron chi connectivity index (χ2n) is 5.05. The highest BCUT2D eigenvalue weighted by Gasteiger charge is 2.15. The average Bonchev–Trinajstić information content (AvgIpc) is 3.06. The van der Waals surface area contributed by atoms with Gasteiger partial charge in [0.25, 0.3) is 0 Å². The average molecular weight is 307 g/mol. The number of hydrogen-bond donors (Lipinski definition) is 2. The molecule has 0 amide bonds. The Kier molecular flexibility index (Phi) is 6.33. The zero-order chi connectivity index (χ0) is 15.8. The summed E-state index contributed by atoms with van der Waals surface area (Å²) in [5.41, 5.74) is 0.893. The van der Waals surface area contributed by atoms with Gasteiger partial charge in [0.2, 0.25) is 0 Å². The van der Waals surface area contributed by atoms with Crippen LogP contribution in [0, 0.1) is 0 Å². The number of aliphatic imine (C=N–C) groups is 1. The predicted molar refractivity (Wildman–Crippen MR) is 88.1 cm³/mol. The third-order valence-corrected chi connectivity index (χ3v) is 3.47. The van der Waals surface area contributed by atoms with Crippen molar-refractivity contribution in [2.75, 3.05) is 39.2 Å². The second kappa shape index (κ2) is 8.48. The number of anilines is 1. The van der Waals surface area contributed by atoms with Gasteiger partial charge in [-0.3, -0.25) is 4.99 Å². The van der Waals surface area contributed by atoms with Crippen molar-refractivity contribution in [3.05, 3.63) is 18.2 Å². The summed E-state index contributed by atoms with van der Waals surface area (Å²) in [5.74, 6) is 2.13. The van der Waals surface area contributed by atoms with Gasteiger partial charge in [-0.1, -0.05) is 0 Å². The van der Waals surface area contributed by atoms with Gasteiger partial charge in [-0.15, -0.1) is 0 Å². The lowest BCUT2D eigenvalue weighted by atomic mass is 10.2. The number of rotatable bonds is 6. The topological polar surface area (TPSA) is 64.1 Å². The maximum atomic E-state index is 5.60. The number of guanidine groups is 1. The van der Waals surface area contributed by atoms with E-state index in [-0.39, 0.29) is 6.10 Å². The minimum absolute atomic E-state index is 0.237. The van der Waals surface area contributed by atoms with Gasteiger partial charge in [-0.25, -0.2) is 0 Å². The lowest BCUT2D eigenvalue weighted by Crippen LogP contribution is -2.31. The van der Waals surface area contributed by atoms with E-state index in [1.807, 2.05) is 25.1 Å². The van der Waals surface area contributed by atoms with E-state index in [1.165, 1.54) is 0 Å². The maximum Gasteiger partial charge on any atom is 0.195 e. The van der Waals surface area contributed by atoms with Crippen LogP contribution in [0.1, 0.15) is 19.8 Å². The lowest BCUT2D eigenvalue weighted by Gasteiger charge is -2.14. The van der Waals surface area contributed by atoms with E-state index >= 15 is 0 Å². The minimum atomic E-state index is 0.237. The molecule has 1 heterocycles. The van der Waals surface area contributed by atoms with E-state index < -0.39 is 0 Å². The molecule has 0 spiro atoms. The summed E-state index contributed by atoms with van der Waals surface area (Å²) in [6, 6.07) is 5.68. The fourth-order valence-corrected chi connectivity index (χ4v) is 2.34. The first-order valence-electron chi connectivity index (χ1n) is 7.65. The Morgan fingerprint density at radius 2 is 2.14 bits per heavy atom. The first-order valence-corrected chi connectivity index (χ1v) is 7.65. The van der Waals surface area contributed by atoms with E-state index in [1.54, 1.807) is 14.2 Å². The summed E-state index contributed by atoms with van der Waals surface area (Å²) in [4.78, 5) is 4.59. The van der Waals surface area contributed by atoms with Crippen molar-refractivity contribution < 1.29 is 14.2 Å². The van der Waals surface area contributed by atoms with Crippen molar-refractivity contribution in [2.45, 2.75) is 25.9 Å². The molecule has 1 aliphatic heterocycles. The fourth-order valence-electron chi connectivity index (χ4n) is 2.34. The van der Waals surface area contributed by atoms with Gasteiger partial charge in [0, 0.05) is 24.9 Å². The van der Waals surface area contributed by atoms with Crippen LogP contribution < -0.4 is 20.1 Å². The fraction of sp³-hybridized carbons (Fsp3) is 0.562. The van der Waals surface area contributed by atoms with Crippen LogP contribution >= 0.6 is 0 Å². The number of nitrogens with one attached hydrogen (secondary N) is 2. The van der Waals surface area contributed by atoms with E-state index in [4.69, 9.17) is 14.2 Å². The molecular formula is C16H25N3O3. The Labute approximate surface area is 131 Å². The molecule has 0 saturated carbocycles. The number of nitrogens with zero attached hydrogens (tertiary/aromatic N) is 1. The van der Waals surface area contributed by atoms with Gasteiger partial charge < -0.3 is 24.8 Å². The number of hydrogen-bond acceptors (Lipinski definition) is 4. The van der Waals surface area contributed by atoms with Crippen LogP contribution in [0.5, 0.6) is 11.5 Å². The van der Waals surface area contributed by atoms with Gasteiger partial charge in [-0.2, -0.15) is 0 Å². The van der Waals surface area contributed by atoms with Crippen LogP contribution in [-0.4, -0.2) is 46.0 Å². The highest BCUT2D eigenvalue weighted by atomic mass is 16.5. The summed E-state index contributed by atoms with van der Waals surface area (Å²) in [6.07, 6.45) is 2.44. The number of ether oxygens (including phenoxy) is 3. The van der Waals surface area contributed by atoms with E-state index in [0.717, 1.165) is 37.6 Å². The van der Waals surface area contributed by atoms with E-state index in [2.05, 4.69) is 15.6 Å². The Morgan fingerprint density at radius 3 is 2.77 bits per heavy atom. The highest BCUT2D eigenvalue weighted by Crippen LogP contribution is 2.29. The number of benzene rings is 1. The van der Waals surface area contributed by atoms with Crippen LogP contribution in [0.2, 0.25) is 0 Å². The van der Waals surface area contributed by atoms with E-state index in [9.17, 15) is 0 Å². The Bertz CT molecular complexity index is 499. The monoisotopic (exact) mass is 307 g/mol. The molecule has 2 N–H and O–H groups in total. The Morgan fingerprint density at radius 1 is 1.32 bits per heavy atom. The van der Waals surface area contributed by atoms with Gasteiger partial charge in [0.15, 0.2) is 17.5 Å². The predicted octanol–water partition coefficient (Wildman–Crippen LogP) is 2.26. The first-order chi connectivity index (χ1) is 10.8. The molecule has 0 bridgehead atoms. The smallest absolute Gasteiger partial charge is 0.195 e. The summed E-state index contributed by atoms with van der Waals surface area (Å²) in [7, 11) is 3.25. The van der Waals surface area contributed by atoms with Crippen molar-refractivity contribution in [1.29, 1.82) is 0 Å². The molecule has 1 aliphatic rings. The molecule has 6 heteroatoms. The standard InChI is InChI=1S/C16H25N3O3/c1-4-17-16(18-11-13-6-5-9-22-13)19-12-7-8-14(20-2)15(10-12)21-3/h7-8,10,13H,4-6,9,11H2,1-3H3,(H2,17,18,19). The van der Waals surface area contributed by atoms with Gasteiger partial charge in [-0.05, 0) is 31.9 Å². The molecule has 0 aliphatic carbocycles. The number of methoxy groups -OCH3 is 2. The normalized spacial score (nSPS) is 18.1. The minimum Gasteiger partial charge on any atom is -0.493 e. The molecule has 1 unspecified atom stereocenters. The van der Waals surface area contributed by atoms with Crippen molar-refractivity contribution in [1.82, 2.24) is 5.32 Å². The quantitative estimate of drug-likeness (QED) is 0.623. The van der Waals surface area contributed by atoms with Gasteiger partial charge >= 0.3 is 0 Å². The molecule has 1 aromatic rings. The maximum absolute atomic E-state index is 5.60. The molecule has 1 atom stereocenters. The van der Waals surface area contributed by atoms with Crippen LogP contribution in [0.25, 0.3) is 0 Å². The Balaban J connectivity index is 2.04. The summed E-state index contributed by atoms with van der Waals surface area (Å²) < 4.78 is 16.2. The molecule has 122 valence electrons. The summed E-state index contributed by atoms with van der Waals surface area (Å²) in [5, 5.41) is 6.51. The molecular weight excluding hydrogens is 282 g/mol. The van der Waals surface area contributed by atoms with Gasteiger partial charge in [0.1, 0.15) is 0 Å². The Hall–Kier alpha value is -1.95. The summed E-state index contributed by atoms with van der Waals surface area (Å²) in [6.45, 7) is 4.35. The third-order valence-electron chi connectivity index (χ3n) is 3.47. The third kappa shape index (κ3) is 4.53. The van der Waals surface area contributed by atoms with Gasteiger partial charge in [0.05, 0.1) is 26.9 Å². The van der Waals surface area contributed by atoms with Crippen molar-refractivity contribution in [3.8, 4) is 11.5 Å². The summed E-state index contributed by atoms with van der Waals surface area (Å²) >= 11 is 0. The largest absolute Gasteiger partial charge is 0.493 e. The van der Waals surface area contributed by atoms with Crippen LogP contribution in [-0.2, 0) is 4.74 Å². The van der Waals surface area contributed by atoms with Crippen molar-refractivity contribution in [3.63, 3.8) is 0 Å². The molecule has 1 fully saturated rings. The lowest BCUT2D eigenvalue weighted by molar-refractivity contribution is 0.118. The van der Waals surface area contributed by atoms with Crippen LogP contribution in [0.3, 0.4) is 0 Å². The zero-order valence-electron chi connectivity index (χ0n) is 13.5. The molecule has 1 saturated heterocycles. The molecule has 1 aromatic carbocycles. The van der Waals surface area contributed by atoms with E-state index in [0.29, 0.717) is 18.0 Å². The molecule has 0 radical (unpaired) electrons. The van der Waals surface area contributed by atoms with Crippen LogP contribution in [0.15, 0.2) is 23.2 Å². The highest BCUT2D eigenvalue weighted by molar-refractivity contribution is 5.93. The second-order valence-corrected chi connectivity index (χ2v) is 5.05. The molecule has 2 rings (SSSR count). The van der Waals surface area contributed by atoms with Crippen molar-refractivity contribution in [2.24, 2.45) is 4.99 Å². The molecule has 6 nitrogen and oxygen atoms in total.